The van der Waals surface area contributed by atoms with Crippen LogP contribution in [0.25, 0.3) is 0 Å². The van der Waals surface area contributed by atoms with Crippen molar-refractivity contribution in [2.24, 2.45) is 4.99 Å². The third-order valence-corrected chi connectivity index (χ3v) is 6.12. The van der Waals surface area contributed by atoms with Gasteiger partial charge in [-0.15, -0.1) is 0 Å². The molecule has 0 aromatic heterocycles. The summed E-state index contributed by atoms with van der Waals surface area (Å²) in [5.41, 5.74) is 3.35. The Labute approximate surface area is 175 Å². The molecular formula is C24H23NOS2. The molecule has 4 heteroatoms. The van der Waals surface area contributed by atoms with E-state index in [4.69, 9.17) is 9.73 Å². The lowest BCUT2D eigenvalue weighted by Crippen LogP contribution is -1.94. The van der Waals surface area contributed by atoms with Crippen LogP contribution in [0.4, 0.5) is 5.69 Å². The fourth-order valence-corrected chi connectivity index (χ4v) is 4.05. The van der Waals surface area contributed by atoms with E-state index in [2.05, 4.69) is 55.7 Å². The molecule has 0 amide bonds. The topological polar surface area (TPSA) is 21.6 Å². The zero-order valence-electron chi connectivity index (χ0n) is 16.3. The van der Waals surface area contributed by atoms with E-state index >= 15 is 0 Å². The third kappa shape index (κ3) is 6.04. The maximum Gasteiger partial charge on any atom is 0.118 e. The number of hydrogen-bond donors (Lipinski definition) is 0. The summed E-state index contributed by atoms with van der Waals surface area (Å²) in [6.07, 6.45) is 0. The molecule has 0 heterocycles. The largest absolute Gasteiger partial charge is 0.497 e. The minimum Gasteiger partial charge on any atom is -0.497 e. The fourth-order valence-electron chi connectivity index (χ4n) is 2.39. The SMILES string of the molecule is COc1ccc(SC=C(C)/C(=N\c2ccccc2)Sc2ccc(C)cc2)cc1. The Morgan fingerprint density at radius 2 is 1.50 bits per heavy atom. The summed E-state index contributed by atoms with van der Waals surface area (Å²) < 4.78 is 5.23. The zero-order valence-corrected chi connectivity index (χ0v) is 17.9. The summed E-state index contributed by atoms with van der Waals surface area (Å²) in [4.78, 5) is 7.24. The summed E-state index contributed by atoms with van der Waals surface area (Å²) in [7, 11) is 1.68. The van der Waals surface area contributed by atoms with Crippen LogP contribution >= 0.6 is 23.5 Å². The van der Waals surface area contributed by atoms with E-state index in [-0.39, 0.29) is 0 Å². The summed E-state index contributed by atoms with van der Waals surface area (Å²) in [6, 6.07) is 26.7. The van der Waals surface area contributed by atoms with Crippen LogP contribution in [0.5, 0.6) is 5.75 Å². The lowest BCUT2D eigenvalue weighted by atomic mass is 10.2. The van der Waals surface area contributed by atoms with E-state index in [1.54, 1.807) is 30.6 Å². The van der Waals surface area contributed by atoms with Gasteiger partial charge in [0.05, 0.1) is 12.8 Å². The molecule has 0 fully saturated rings. The van der Waals surface area contributed by atoms with E-state index < -0.39 is 0 Å². The average Bonchev–Trinajstić information content (AvgIpc) is 2.74. The van der Waals surface area contributed by atoms with Gasteiger partial charge in [0.2, 0.25) is 0 Å². The van der Waals surface area contributed by atoms with Crippen molar-refractivity contribution in [3.63, 3.8) is 0 Å². The van der Waals surface area contributed by atoms with Crippen molar-refractivity contribution >= 4 is 34.3 Å². The predicted molar refractivity (Wildman–Crippen MR) is 123 cm³/mol. The Hall–Kier alpha value is -2.43. The lowest BCUT2D eigenvalue weighted by Gasteiger charge is -2.08. The second kappa shape index (κ2) is 10.2. The molecule has 0 N–H and O–H groups in total. The molecule has 0 spiro atoms. The molecule has 0 atom stereocenters. The Bertz CT molecular complexity index is 946. The number of methoxy groups -OCH3 is 1. The standard InChI is InChI=1S/C24H23NOS2/c1-18-9-13-23(14-10-18)28-24(25-20-7-5-4-6-8-20)19(2)17-27-22-15-11-21(26-3)12-16-22/h4-17H,1-3H3/b19-17?,25-24+. The molecule has 0 aliphatic carbocycles. The van der Waals surface area contributed by atoms with Gasteiger partial charge in [-0.05, 0) is 73.4 Å². The highest BCUT2D eigenvalue weighted by molar-refractivity contribution is 8.14. The molecule has 0 aliphatic heterocycles. The normalized spacial score (nSPS) is 12.1. The molecule has 3 aromatic rings. The van der Waals surface area contributed by atoms with E-state index in [1.165, 1.54) is 15.4 Å². The van der Waals surface area contributed by atoms with Gasteiger partial charge in [0, 0.05) is 9.79 Å². The van der Waals surface area contributed by atoms with Gasteiger partial charge < -0.3 is 4.74 Å². The first-order chi connectivity index (χ1) is 13.6. The number of benzene rings is 3. The Kier molecular flexibility index (Phi) is 7.40. The predicted octanol–water partition coefficient (Wildman–Crippen LogP) is 7.52. The number of nitrogens with zero attached hydrogens (tertiary/aromatic N) is 1. The van der Waals surface area contributed by atoms with Crippen molar-refractivity contribution in [2.75, 3.05) is 7.11 Å². The number of rotatable bonds is 6. The highest BCUT2D eigenvalue weighted by Gasteiger charge is 2.07. The van der Waals surface area contributed by atoms with Gasteiger partial charge in [0.25, 0.3) is 0 Å². The molecule has 0 bridgehead atoms. The number of aliphatic imine (C=N–C) groups is 1. The molecule has 3 rings (SSSR count). The van der Waals surface area contributed by atoms with Crippen LogP contribution in [0.3, 0.4) is 0 Å². The minimum atomic E-state index is 0.867. The van der Waals surface area contributed by atoms with Gasteiger partial charge in [-0.1, -0.05) is 59.4 Å². The van der Waals surface area contributed by atoms with Crippen LogP contribution in [0.15, 0.2) is 105 Å². The highest BCUT2D eigenvalue weighted by atomic mass is 32.2. The van der Waals surface area contributed by atoms with Crippen molar-refractivity contribution in [3.8, 4) is 5.75 Å². The first-order valence-electron chi connectivity index (χ1n) is 9.00. The molecule has 0 unspecified atom stereocenters. The van der Waals surface area contributed by atoms with Crippen LogP contribution in [-0.4, -0.2) is 12.2 Å². The number of aryl methyl sites for hydroxylation is 1. The van der Waals surface area contributed by atoms with Crippen molar-refractivity contribution in [2.45, 2.75) is 23.6 Å². The van der Waals surface area contributed by atoms with Crippen LogP contribution < -0.4 is 4.74 Å². The molecule has 28 heavy (non-hydrogen) atoms. The molecule has 0 saturated heterocycles. The molecule has 0 aliphatic rings. The Balaban J connectivity index is 1.83. The number of para-hydroxylation sites is 1. The van der Waals surface area contributed by atoms with Crippen molar-refractivity contribution in [1.82, 2.24) is 0 Å². The smallest absolute Gasteiger partial charge is 0.118 e. The first-order valence-corrected chi connectivity index (χ1v) is 10.7. The summed E-state index contributed by atoms with van der Waals surface area (Å²) in [5, 5.41) is 3.15. The zero-order chi connectivity index (χ0) is 19.8. The van der Waals surface area contributed by atoms with Gasteiger partial charge in [-0.25, -0.2) is 4.99 Å². The van der Waals surface area contributed by atoms with E-state index in [0.717, 1.165) is 22.1 Å². The van der Waals surface area contributed by atoms with Crippen LogP contribution in [0.1, 0.15) is 12.5 Å². The van der Waals surface area contributed by atoms with Gasteiger partial charge in [-0.3, -0.25) is 0 Å². The van der Waals surface area contributed by atoms with Gasteiger partial charge in [0.1, 0.15) is 10.8 Å². The lowest BCUT2D eigenvalue weighted by molar-refractivity contribution is 0.414. The summed E-state index contributed by atoms with van der Waals surface area (Å²) in [6.45, 7) is 4.21. The third-order valence-electron chi connectivity index (χ3n) is 3.99. The fraction of sp³-hybridized carbons (Fsp3) is 0.125. The van der Waals surface area contributed by atoms with E-state index in [0.29, 0.717) is 0 Å². The van der Waals surface area contributed by atoms with Crippen LogP contribution in [0, 0.1) is 6.92 Å². The molecule has 0 saturated carbocycles. The quantitative estimate of drug-likeness (QED) is 0.240. The molecule has 2 nitrogen and oxygen atoms in total. The summed E-state index contributed by atoms with van der Waals surface area (Å²) >= 11 is 3.38. The summed E-state index contributed by atoms with van der Waals surface area (Å²) in [5.74, 6) is 0.867. The monoisotopic (exact) mass is 405 g/mol. The first kappa shape index (κ1) is 20.3. The molecular weight excluding hydrogens is 382 g/mol. The Morgan fingerprint density at radius 3 is 2.14 bits per heavy atom. The molecule has 0 radical (unpaired) electrons. The van der Waals surface area contributed by atoms with Crippen LogP contribution in [0.2, 0.25) is 0 Å². The van der Waals surface area contributed by atoms with Crippen molar-refractivity contribution in [1.29, 1.82) is 0 Å². The van der Waals surface area contributed by atoms with E-state index in [1.807, 2.05) is 42.5 Å². The van der Waals surface area contributed by atoms with Gasteiger partial charge in [0.15, 0.2) is 0 Å². The second-order valence-corrected chi connectivity index (χ2v) is 8.27. The maximum absolute atomic E-state index is 5.23. The average molecular weight is 406 g/mol. The highest BCUT2D eigenvalue weighted by Crippen LogP contribution is 2.30. The van der Waals surface area contributed by atoms with Gasteiger partial charge in [-0.2, -0.15) is 0 Å². The Morgan fingerprint density at radius 1 is 0.857 bits per heavy atom. The van der Waals surface area contributed by atoms with Crippen LogP contribution in [-0.2, 0) is 0 Å². The molecule has 142 valence electrons. The number of ether oxygens (including phenoxy) is 1. The molecule has 3 aromatic carbocycles. The van der Waals surface area contributed by atoms with E-state index in [9.17, 15) is 0 Å². The van der Waals surface area contributed by atoms with Crippen molar-refractivity contribution in [3.05, 3.63) is 95.4 Å². The minimum absolute atomic E-state index is 0.867. The van der Waals surface area contributed by atoms with Gasteiger partial charge >= 0.3 is 0 Å². The number of thioether (sulfide) groups is 2. The maximum atomic E-state index is 5.23. The second-order valence-electron chi connectivity index (χ2n) is 6.26. The van der Waals surface area contributed by atoms with Crippen molar-refractivity contribution < 1.29 is 4.74 Å². The number of hydrogen-bond acceptors (Lipinski definition) is 4.